The van der Waals surface area contributed by atoms with Crippen LogP contribution in [0.1, 0.15) is 6.92 Å². The van der Waals surface area contributed by atoms with Crippen molar-refractivity contribution < 1.29 is 9.47 Å². The van der Waals surface area contributed by atoms with Crippen molar-refractivity contribution in [1.82, 2.24) is 14.5 Å². The van der Waals surface area contributed by atoms with E-state index in [2.05, 4.69) is 15.3 Å². The van der Waals surface area contributed by atoms with Gasteiger partial charge in [0.25, 0.3) is 5.56 Å². The molecule has 0 aliphatic rings. The topological polar surface area (TPSA) is 78.3 Å². The minimum absolute atomic E-state index is 0.0821. The number of hydrogen-bond donors (Lipinski definition) is 1. The number of aromatic nitrogens is 3. The van der Waals surface area contributed by atoms with E-state index in [1.807, 2.05) is 43.3 Å². The lowest BCUT2D eigenvalue weighted by Gasteiger charge is -2.14. The van der Waals surface area contributed by atoms with E-state index < -0.39 is 0 Å². The van der Waals surface area contributed by atoms with Gasteiger partial charge in [-0.05, 0) is 42.8 Å². The number of hydrogen-bond acceptors (Lipinski definition) is 6. The molecule has 0 aliphatic heterocycles. The summed E-state index contributed by atoms with van der Waals surface area (Å²) in [7, 11) is 3.18. The summed E-state index contributed by atoms with van der Waals surface area (Å²) in [6.45, 7) is 2.48. The van der Waals surface area contributed by atoms with Crippen molar-refractivity contribution in [1.29, 1.82) is 0 Å². The molecule has 0 amide bonds. The van der Waals surface area contributed by atoms with Gasteiger partial charge in [0.1, 0.15) is 17.3 Å². The Morgan fingerprint density at radius 1 is 1.00 bits per heavy atom. The second kappa shape index (κ2) is 8.24. The summed E-state index contributed by atoms with van der Waals surface area (Å²) in [4.78, 5) is 21.8. The average molecular weight is 402 g/mol. The molecule has 1 N–H and O–H groups in total. The largest absolute Gasteiger partial charge is 0.497 e. The van der Waals surface area contributed by atoms with Gasteiger partial charge in [-0.25, -0.2) is 4.98 Å². The van der Waals surface area contributed by atoms with Gasteiger partial charge in [-0.15, -0.1) is 0 Å². The molecule has 0 bridgehead atoms. The van der Waals surface area contributed by atoms with E-state index in [0.29, 0.717) is 29.4 Å². The Hall–Kier alpha value is -3.87. The fraction of sp³-hybridized carbons (Fsp3) is 0.174. The van der Waals surface area contributed by atoms with Gasteiger partial charge in [0.2, 0.25) is 0 Å². The second-order valence-electron chi connectivity index (χ2n) is 6.70. The Bertz CT molecular complexity index is 1230. The SMILES string of the molecule is CCn1c(=O)c(-c2cc(OC)cc(OC)c2)cc2cnc(Nc3ccncc3)cc21. The van der Waals surface area contributed by atoms with Crippen LogP contribution in [0.3, 0.4) is 0 Å². The molecule has 3 aromatic heterocycles. The Kier molecular flexibility index (Phi) is 5.34. The maximum atomic E-state index is 13.3. The van der Waals surface area contributed by atoms with Gasteiger partial charge in [0, 0.05) is 53.9 Å². The fourth-order valence-corrected chi connectivity index (χ4v) is 3.41. The van der Waals surface area contributed by atoms with Crippen LogP contribution >= 0.6 is 0 Å². The standard InChI is InChI=1S/C23H22N4O3/c1-4-27-21-13-22(26-17-5-7-24-8-6-17)25-14-16(21)11-20(23(27)28)15-9-18(29-2)12-19(10-15)30-3/h5-14H,4H2,1-3H3,(H,24,25,26). The zero-order valence-electron chi connectivity index (χ0n) is 17.0. The van der Waals surface area contributed by atoms with E-state index in [1.54, 1.807) is 43.4 Å². The number of pyridine rings is 3. The molecule has 0 atom stereocenters. The Morgan fingerprint density at radius 3 is 2.33 bits per heavy atom. The van der Waals surface area contributed by atoms with Crippen LogP contribution in [0.25, 0.3) is 22.0 Å². The molecule has 7 nitrogen and oxygen atoms in total. The molecule has 0 fully saturated rings. The molecule has 30 heavy (non-hydrogen) atoms. The number of methoxy groups -OCH3 is 2. The highest BCUT2D eigenvalue weighted by molar-refractivity contribution is 5.86. The van der Waals surface area contributed by atoms with E-state index in [0.717, 1.165) is 22.2 Å². The van der Waals surface area contributed by atoms with Crippen molar-refractivity contribution in [3.05, 3.63) is 71.4 Å². The van der Waals surface area contributed by atoms with Crippen molar-refractivity contribution in [2.24, 2.45) is 0 Å². The summed E-state index contributed by atoms with van der Waals surface area (Å²) in [6, 6.07) is 12.9. The van der Waals surface area contributed by atoms with Crippen molar-refractivity contribution in [3.63, 3.8) is 0 Å². The maximum Gasteiger partial charge on any atom is 0.258 e. The number of anilines is 2. The average Bonchev–Trinajstić information content (AvgIpc) is 2.79. The molecule has 0 aliphatic carbocycles. The quantitative estimate of drug-likeness (QED) is 0.520. The molecular formula is C23H22N4O3. The van der Waals surface area contributed by atoms with E-state index in [9.17, 15) is 4.79 Å². The first-order chi connectivity index (χ1) is 14.6. The minimum atomic E-state index is -0.0821. The lowest BCUT2D eigenvalue weighted by Crippen LogP contribution is -2.21. The van der Waals surface area contributed by atoms with Gasteiger partial charge in [-0.3, -0.25) is 9.78 Å². The zero-order valence-corrected chi connectivity index (χ0v) is 17.0. The fourth-order valence-electron chi connectivity index (χ4n) is 3.41. The predicted molar refractivity (Wildman–Crippen MR) is 118 cm³/mol. The van der Waals surface area contributed by atoms with Crippen LogP contribution in [0.2, 0.25) is 0 Å². The highest BCUT2D eigenvalue weighted by atomic mass is 16.5. The number of rotatable bonds is 6. The van der Waals surface area contributed by atoms with Crippen molar-refractivity contribution >= 4 is 22.4 Å². The van der Waals surface area contributed by atoms with Crippen LogP contribution in [0.5, 0.6) is 11.5 Å². The third kappa shape index (κ3) is 3.69. The Balaban J connectivity index is 1.85. The highest BCUT2D eigenvalue weighted by Gasteiger charge is 2.13. The van der Waals surface area contributed by atoms with Crippen LogP contribution < -0.4 is 20.3 Å². The molecule has 1 aromatic carbocycles. The highest BCUT2D eigenvalue weighted by Crippen LogP contribution is 2.30. The van der Waals surface area contributed by atoms with Gasteiger partial charge in [0.15, 0.2) is 0 Å². The molecule has 4 rings (SSSR count). The number of nitrogens with zero attached hydrogens (tertiary/aromatic N) is 3. The van der Waals surface area contributed by atoms with Crippen LogP contribution in [-0.2, 0) is 6.54 Å². The van der Waals surface area contributed by atoms with Crippen molar-refractivity contribution in [2.45, 2.75) is 13.5 Å². The first kappa shape index (κ1) is 19.4. The number of aryl methyl sites for hydroxylation is 1. The van der Waals surface area contributed by atoms with E-state index in [4.69, 9.17) is 9.47 Å². The van der Waals surface area contributed by atoms with Crippen LogP contribution in [0.15, 0.2) is 65.8 Å². The smallest absolute Gasteiger partial charge is 0.258 e. The summed E-state index contributed by atoms with van der Waals surface area (Å²) < 4.78 is 12.5. The summed E-state index contributed by atoms with van der Waals surface area (Å²) in [5.41, 5.74) is 2.91. The second-order valence-corrected chi connectivity index (χ2v) is 6.70. The molecule has 0 saturated carbocycles. The lowest BCUT2D eigenvalue weighted by atomic mass is 10.0. The molecular weight excluding hydrogens is 380 g/mol. The minimum Gasteiger partial charge on any atom is -0.497 e. The third-order valence-corrected chi connectivity index (χ3v) is 4.91. The number of fused-ring (bicyclic) bond motifs is 1. The number of ether oxygens (including phenoxy) is 2. The van der Waals surface area contributed by atoms with Gasteiger partial charge < -0.3 is 19.4 Å². The van der Waals surface area contributed by atoms with E-state index >= 15 is 0 Å². The van der Waals surface area contributed by atoms with Gasteiger partial charge in [-0.1, -0.05) is 0 Å². The molecule has 7 heteroatoms. The maximum absolute atomic E-state index is 13.3. The molecule has 4 aromatic rings. The Labute approximate surface area is 173 Å². The monoisotopic (exact) mass is 402 g/mol. The van der Waals surface area contributed by atoms with Gasteiger partial charge >= 0.3 is 0 Å². The number of benzene rings is 1. The molecule has 0 unspecified atom stereocenters. The van der Waals surface area contributed by atoms with Crippen LogP contribution in [-0.4, -0.2) is 28.8 Å². The zero-order chi connectivity index (χ0) is 21.1. The van der Waals surface area contributed by atoms with Crippen molar-refractivity contribution in [3.8, 4) is 22.6 Å². The predicted octanol–water partition coefficient (Wildman–Crippen LogP) is 4.24. The summed E-state index contributed by atoms with van der Waals surface area (Å²) in [5, 5.41) is 4.11. The van der Waals surface area contributed by atoms with E-state index in [1.165, 1.54) is 0 Å². The first-order valence-electron chi connectivity index (χ1n) is 9.57. The summed E-state index contributed by atoms with van der Waals surface area (Å²) in [5.74, 6) is 1.91. The van der Waals surface area contributed by atoms with Crippen molar-refractivity contribution in [2.75, 3.05) is 19.5 Å². The molecule has 0 saturated heterocycles. The molecule has 0 radical (unpaired) electrons. The molecule has 3 heterocycles. The van der Waals surface area contributed by atoms with Crippen LogP contribution in [0.4, 0.5) is 11.5 Å². The van der Waals surface area contributed by atoms with Gasteiger partial charge in [-0.2, -0.15) is 0 Å². The van der Waals surface area contributed by atoms with E-state index in [-0.39, 0.29) is 5.56 Å². The first-order valence-corrected chi connectivity index (χ1v) is 9.57. The molecule has 0 spiro atoms. The summed E-state index contributed by atoms with van der Waals surface area (Å²) >= 11 is 0. The third-order valence-electron chi connectivity index (χ3n) is 4.91. The molecule has 152 valence electrons. The normalized spacial score (nSPS) is 10.8. The van der Waals surface area contributed by atoms with Crippen LogP contribution in [0, 0.1) is 0 Å². The lowest BCUT2D eigenvalue weighted by molar-refractivity contribution is 0.394. The number of nitrogens with one attached hydrogen (secondary N) is 1. The summed E-state index contributed by atoms with van der Waals surface area (Å²) in [6.07, 6.45) is 5.19. The van der Waals surface area contributed by atoms with Gasteiger partial charge in [0.05, 0.1) is 19.7 Å². The Morgan fingerprint density at radius 2 is 1.70 bits per heavy atom.